The maximum Gasteiger partial charge on any atom is 0.251 e. The van der Waals surface area contributed by atoms with Gasteiger partial charge in [-0.25, -0.2) is 0 Å². The van der Waals surface area contributed by atoms with Crippen LogP contribution in [0.2, 0.25) is 5.02 Å². The number of benzene rings is 2. The van der Waals surface area contributed by atoms with Crippen molar-refractivity contribution in [1.29, 1.82) is 0 Å². The molecular weight excluding hydrogens is 362 g/mol. The first-order valence-electron chi connectivity index (χ1n) is 8.86. The first-order chi connectivity index (χ1) is 13.1. The summed E-state index contributed by atoms with van der Waals surface area (Å²) in [4.78, 5) is 12.2. The van der Waals surface area contributed by atoms with Gasteiger partial charge in [0, 0.05) is 35.6 Å². The van der Waals surface area contributed by atoms with E-state index in [1.54, 1.807) is 18.3 Å². The monoisotopic (exact) mass is 383 g/mol. The molecular formula is C21H22ClN3O2. The molecule has 0 saturated carbocycles. The van der Waals surface area contributed by atoms with Crippen molar-refractivity contribution < 1.29 is 9.53 Å². The molecule has 0 unspecified atom stereocenters. The minimum atomic E-state index is -0.0745. The highest BCUT2D eigenvalue weighted by Gasteiger charge is 2.05. The van der Waals surface area contributed by atoms with Gasteiger partial charge < -0.3 is 10.1 Å². The van der Waals surface area contributed by atoms with Gasteiger partial charge in [-0.15, -0.1) is 0 Å². The number of rotatable bonds is 8. The zero-order valence-corrected chi connectivity index (χ0v) is 15.9. The molecule has 3 aromatic rings. The van der Waals surface area contributed by atoms with E-state index in [-0.39, 0.29) is 5.91 Å². The van der Waals surface area contributed by atoms with Crippen LogP contribution in [0.4, 0.5) is 0 Å². The van der Waals surface area contributed by atoms with E-state index >= 15 is 0 Å². The van der Waals surface area contributed by atoms with E-state index in [1.807, 2.05) is 54.1 Å². The molecule has 0 saturated heterocycles. The van der Waals surface area contributed by atoms with Crippen molar-refractivity contribution in [2.75, 3.05) is 6.54 Å². The first-order valence-corrected chi connectivity index (χ1v) is 9.23. The van der Waals surface area contributed by atoms with Crippen LogP contribution in [0.15, 0.2) is 60.8 Å². The van der Waals surface area contributed by atoms with E-state index in [2.05, 4.69) is 10.4 Å². The first kappa shape index (κ1) is 19.0. The number of aromatic nitrogens is 2. The average Bonchev–Trinajstić information content (AvgIpc) is 3.09. The molecule has 5 nitrogen and oxygen atoms in total. The van der Waals surface area contributed by atoms with Gasteiger partial charge in [0.25, 0.3) is 5.91 Å². The third-order valence-corrected chi connectivity index (χ3v) is 4.41. The average molecular weight is 384 g/mol. The summed E-state index contributed by atoms with van der Waals surface area (Å²) in [7, 11) is 0. The van der Waals surface area contributed by atoms with Gasteiger partial charge in [0.15, 0.2) is 0 Å². The molecule has 0 aliphatic rings. The molecule has 0 aliphatic carbocycles. The molecule has 27 heavy (non-hydrogen) atoms. The third-order valence-electron chi connectivity index (χ3n) is 4.18. The van der Waals surface area contributed by atoms with E-state index in [0.717, 1.165) is 30.0 Å². The number of nitrogens with one attached hydrogen (secondary N) is 1. The number of carbonyl (C=O) groups is 1. The van der Waals surface area contributed by atoms with Gasteiger partial charge in [-0.3, -0.25) is 9.48 Å². The predicted octanol–water partition coefficient (Wildman–Crippen LogP) is 4.24. The maximum absolute atomic E-state index is 12.2. The second kappa shape index (κ2) is 9.24. The van der Waals surface area contributed by atoms with Crippen LogP contribution < -0.4 is 10.1 Å². The molecule has 0 fully saturated rings. The Hall–Kier alpha value is -2.79. The Morgan fingerprint density at radius 3 is 2.70 bits per heavy atom. The highest BCUT2D eigenvalue weighted by molar-refractivity contribution is 6.30. The van der Waals surface area contributed by atoms with Crippen LogP contribution in [-0.4, -0.2) is 22.2 Å². The molecule has 1 N–H and O–H groups in total. The maximum atomic E-state index is 12.2. The van der Waals surface area contributed by atoms with Gasteiger partial charge in [-0.2, -0.15) is 5.10 Å². The zero-order valence-electron chi connectivity index (χ0n) is 15.2. The van der Waals surface area contributed by atoms with Crippen LogP contribution in [0.5, 0.6) is 5.75 Å². The van der Waals surface area contributed by atoms with Crippen molar-refractivity contribution in [3.8, 4) is 5.75 Å². The summed E-state index contributed by atoms with van der Waals surface area (Å²) >= 11 is 5.94. The predicted molar refractivity (Wildman–Crippen MR) is 106 cm³/mol. The summed E-state index contributed by atoms with van der Waals surface area (Å²) in [6.07, 6.45) is 2.62. The Kier molecular flexibility index (Phi) is 6.49. The summed E-state index contributed by atoms with van der Waals surface area (Å²) in [5, 5.41) is 7.81. The summed E-state index contributed by atoms with van der Waals surface area (Å²) in [5.41, 5.74) is 2.74. The summed E-state index contributed by atoms with van der Waals surface area (Å²) in [6.45, 7) is 3.84. The number of amides is 1. The number of nitrogens with zero attached hydrogens (tertiary/aromatic N) is 2. The van der Waals surface area contributed by atoms with Crippen LogP contribution in [0, 0.1) is 6.92 Å². The number of aryl methyl sites for hydroxylation is 2. The number of carbonyl (C=O) groups excluding carboxylic acids is 1. The molecule has 1 heterocycles. The standard InChI is InChI=1S/C21H22ClN3O2/c1-16-10-12-24-25(16)13-3-11-23-21(26)18-8-6-17(7-9-18)15-27-20-5-2-4-19(22)14-20/h2,4-10,12,14H,3,11,13,15H2,1H3,(H,23,26). The molecule has 6 heteroatoms. The van der Waals surface area contributed by atoms with E-state index < -0.39 is 0 Å². The van der Waals surface area contributed by atoms with Gasteiger partial charge >= 0.3 is 0 Å². The van der Waals surface area contributed by atoms with E-state index in [1.165, 1.54) is 0 Å². The number of hydrogen-bond donors (Lipinski definition) is 1. The molecule has 3 rings (SSSR count). The van der Waals surface area contributed by atoms with Crippen molar-refractivity contribution in [3.63, 3.8) is 0 Å². The summed E-state index contributed by atoms with van der Waals surface area (Å²) in [6, 6.07) is 16.7. The Morgan fingerprint density at radius 1 is 1.19 bits per heavy atom. The molecule has 0 spiro atoms. The smallest absolute Gasteiger partial charge is 0.251 e. The largest absolute Gasteiger partial charge is 0.489 e. The zero-order chi connectivity index (χ0) is 19.1. The van der Waals surface area contributed by atoms with Crippen molar-refractivity contribution in [2.24, 2.45) is 0 Å². The Bertz CT molecular complexity index is 890. The minimum absolute atomic E-state index is 0.0745. The van der Waals surface area contributed by atoms with E-state index in [4.69, 9.17) is 16.3 Å². The fourth-order valence-electron chi connectivity index (χ4n) is 2.64. The Labute approximate surface area is 163 Å². The molecule has 0 aliphatic heterocycles. The second-order valence-corrected chi connectivity index (χ2v) is 6.68. The van der Waals surface area contributed by atoms with Gasteiger partial charge in [-0.05, 0) is 55.3 Å². The normalized spacial score (nSPS) is 10.6. The lowest BCUT2D eigenvalue weighted by Crippen LogP contribution is -2.25. The van der Waals surface area contributed by atoms with Crippen LogP contribution in [0.1, 0.15) is 28.0 Å². The van der Waals surface area contributed by atoms with E-state index in [0.29, 0.717) is 23.7 Å². The van der Waals surface area contributed by atoms with Crippen molar-refractivity contribution in [2.45, 2.75) is 26.5 Å². The molecule has 0 radical (unpaired) electrons. The topological polar surface area (TPSA) is 56.2 Å². The lowest BCUT2D eigenvalue weighted by molar-refractivity contribution is 0.0952. The molecule has 1 aromatic heterocycles. The number of halogens is 1. The molecule has 0 bridgehead atoms. The Morgan fingerprint density at radius 2 is 2.00 bits per heavy atom. The van der Waals surface area contributed by atoms with E-state index in [9.17, 15) is 4.79 Å². The number of hydrogen-bond acceptors (Lipinski definition) is 3. The SMILES string of the molecule is Cc1ccnn1CCCNC(=O)c1ccc(COc2cccc(Cl)c2)cc1. The molecule has 0 atom stereocenters. The highest BCUT2D eigenvalue weighted by Crippen LogP contribution is 2.18. The fraction of sp³-hybridized carbons (Fsp3) is 0.238. The minimum Gasteiger partial charge on any atom is -0.489 e. The second-order valence-electron chi connectivity index (χ2n) is 6.25. The van der Waals surface area contributed by atoms with Crippen LogP contribution >= 0.6 is 11.6 Å². The van der Waals surface area contributed by atoms with Crippen LogP contribution in [0.25, 0.3) is 0 Å². The molecule has 140 valence electrons. The van der Waals surface area contributed by atoms with Crippen molar-refractivity contribution in [1.82, 2.24) is 15.1 Å². The van der Waals surface area contributed by atoms with Crippen molar-refractivity contribution in [3.05, 3.63) is 82.6 Å². The lowest BCUT2D eigenvalue weighted by atomic mass is 10.1. The summed E-state index contributed by atoms with van der Waals surface area (Å²) in [5.74, 6) is 0.645. The molecule has 1 amide bonds. The van der Waals surface area contributed by atoms with Gasteiger partial charge in [0.05, 0.1) is 0 Å². The van der Waals surface area contributed by atoms with Gasteiger partial charge in [0.2, 0.25) is 0 Å². The highest BCUT2D eigenvalue weighted by atomic mass is 35.5. The van der Waals surface area contributed by atoms with Crippen molar-refractivity contribution >= 4 is 17.5 Å². The van der Waals surface area contributed by atoms with Crippen LogP contribution in [-0.2, 0) is 13.2 Å². The number of ether oxygens (including phenoxy) is 1. The lowest BCUT2D eigenvalue weighted by Gasteiger charge is -2.09. The van der Waals surface area contributed by atoms with Gasteiger partial charge in [-0.1, -0.05) is 29.8 Å². The van der Waals surface area contributed by atoms with Crippen LogP contribution in [0.3, 0.4) is 0 Å². The Balaban J connectivity index is 1.43. The quantitative estimate of drug-likeness (QED) is 0.592. The summed E-state index contributed by atoms with van der Waals surface area (Å²) < 4.78 is 7.64. The third kappa shape index (κ3) is 5.59. The fourth-order valence-corrected chi connectivity index (χ4v) is 2.82. The molecule has 2 aromatic carbocycles. The van der Waals surface area contributed by atoms with Gasteiger partial charge in [0.1, 0.15) is 12.4 Å².